The number of nitrogens with one attached hydrogen (secondary N) is 1. The zero-order valence-corrected chi connectivity index (χ0v) is 15.3. The maximum atomic E-state index is 12.4. The number of thiophene rings is 1. The summed E-state index contributed by atoms with van der Waals surface area (Å²) in [5.41, 5.74) is 1.90. The summed E-state index contributed by atoms with van der Waals surface area (Å²) >= 11 is 1.62. The first-order valence-electron chi connectivity index (χ1n) is 8.92. The summed E-state index contributed by atoms with van der Waals surface area (Å²) in [5, 5.41) is 13.4. The maximum absolute atomic E-state index is 12.4. The Labute approximate surface area is 148 Å². The highest BCUT2D eigenvalue weighted by Gasteiger charge is 2.22. The van der Waals surface area contributed by atoms with Crippen LogP contribution in [-0.2, 0) is 17.6 Å². The number of anilines is 1. The SMILES string of the molecule is CN1CCN(CC(=O)Nc2sc3c(c2C#N)CCCCCC3)CC1. The van der Waals surface area contributed by atoms with Gasteiger partial charge in [-0.3, -0.25) is 9.69 Å². The van der Waals surface area contributed by atoms with Gasteiger partial charge in [0.1, 0.15) is 11.1 Å². The number of aryl methyl sites for hydroxylation is 1. The molecule has 0 spiro atoms. The molecular weight excluding hydrogens is 320 g/mol. The third-order valence-electron chi connectivity index (χ3n) is 5.00. The molecule has 1 saturated heterocycles. The van der Waals surface area contributed by atoms with Crippen LogP contribution in [-0.4, -0.2) is 55.5 Å². The molecule has 0 saturated carbocycles. The Hall–Kier alpha value is -1.42. The molecule has 0 radical (unpaired) electrons. The number of hydrogen-bond acceptors (Lipinski definition) is 5. The molecule has 130 valence electrons. The largest absolute Gasteiger partial charge is 0.315 e. The van der Waals surface area contributed by atoms with Crippen LogP contribution in [0.5, 0.6) is 0 Å². The summed E-state index contributed by atoms with van der Waals surface area (Å²) in [7, 11) is 2.11. The third kappa shape index (κ3) is 4.15. The van der Waals surface area contributed by atoms with Crippen molar-refractivity contribution in [3.63, 3.8) is 0 Å². The summed E-state index contributed by atoms with van der Waals surface area (Å²) < 4.78 is 0. The Morgan fingerprint density at radius 2 is 1.88 bits per heavy atom. The maximum Gasteiger partial charge on any atom is 0.239 e. The molecule has 0 bridgehead atoms. The number of hydrogen-bond donors (Lipinski definition) is 1. The average Bonchev–Trinajstić information content (AvgIpc) is 2.85. The fourth-order valence-corrected chi connectivity index (χ4v) is 4.76. The number of piperazine rings is 1. The number of nitrogens with zero attached hydrogens (tertiary/aromatic N) is 3. The van der Waals surface area contributed by atoms with Gasteiger partial charge in [0.2, 0.25) is 5.91 Å². The van der Waals surface area contributed by atoms with Crippen LogP contribution in [0.2, 0.25) is 0 Å². The van der Waals surface area contributed by atoms with E-state index in [0.717, 1.165) is 50.4 Å². The van der Waals surface area contributed by atoms with E-state index < -0.39 is 0 Å². The van der Waals surface area contributed by atoms with Crippen molar-refractivity contribution < 1.29 is 4.79 Å². The van der Waals surface area contributed by atoms with E-state index in [2.05, 4.69) is 28.2 Å². The van der Waals surface area contributed by atoms with Crippen molar-refractivity contribution >= 4 is 22.2 Å². The summed E-state index contributed by atoms with van der Waals surface area (Å²) in [6, 6.07) is 2.34. The molecule has 1 fully saturated rings. The molecule has 2 aliphatic rings. The summed E-state index contributed by atoms with van der Waals surface area (Å²) in [5.74, 6) is 0.00488. The van der Waals surface area contributed by atoms with Gasteiger partial charge in [0.25, 0.3) is 0 Å². The first kappa shape index (κ1) is 17.4. The van der Waals surface area contributed by atoms with E-state index in [0.29, 0.717) is 12.1 Å². The molecule has 1 amide bonds. The molecule has 5 nitrogen and oxygen atoms in total. The molecule has 6 heteroatoms. The zero-order valence-electron chi connectivity index (χ0n) is 14.4. The molecule has 2 heterocycles. The van der Waals surface area contributed by atoms with Crippen molar-refractivity contribution in [2.24, 2.45) is 0 Å². The predicted molar refractivity (Wildman–Crippen MR) is 97.5 cm³/mol. The van der Waals surface area contributed by atoms with Crippen LogP contribution in [0, 0.1) is 11.3 Å². The molecule has 1 aliphatic heterocycles. The topological polar surface area (TPSA) is 59.4 Å². The minimum atomic E-state index is 0.00488. The van der Waals surface area contributed by atoms with E-state index in [1.165, 1.54) is 29.7 Å². The lowest BCUT2D eigenvalue weighted by Gasteiger charge is -2.31. The number of nitriles is 1. The number of amides is 1. The van der Waals surface area contributed by atoms with Crippen LogP contribution >= 0.6 is 11.3 Å². The molecule has 1 aromatic rings. The fourth-order valence-electron chi connectivity index (χ4n) is 3.50. The molecule has 1 aromatic heterocycles. The lowest BCUT2D eigenvalue weighted by molar-refractivity contribution is -0.117. The number of carbonyl (C=O) groups is 1. The van der Waals surface area contributed by atoms with Crippen molar-refractivity contribution in [3.05, 3.63) is 16.0 Å². The van der Waals surface area contributed by atoms with Crippen LogP contribution in [0.15, 0.2) is 0 Å². The monoisotopic (exact) mass is 346 g/mol. The van der Waals surface area contributed by atoms with E-state index in [4.69, 9.17) is 0 Å². The van der Waals surface area contributed by atoms with Crippen molar-refractivity contribution in [2.45, 2.75) is 38.5 Å². The quantitative estimate of drug-likeness (QED) is 0.913. The minimum Gasteiger partial charge on any atom is -0.315 e. The third-order valence-corrected chi connectivity index (χ3v) is 6.21. The van der Waals surface area contributed by atoms with Gasteiger partial charge < -0.3 is 10.2 Å². The highest BCUT2D eigenvalue weighted by atomic mass is 32.1. The van der Waals surface area contributed by atoms with Crippen LogP contribution in [0.1, 0.15) is 41.7 Å². The van der Waals surface area contributed by atoms with Crippen molar-refractivity contribution in [2.75, 3.05) is 45.1 Å². The Morgan fingerprint density at radius 1 is 1.17 bits per heavy atom. The van der Waals surface area contributed by atoms with Crippen molar-refractivity contribution in [1.82, 2.24) is 9.80 Å². The van der Waals surface area contributed by atoms with Crippen LogP contribution in [0.3, 0.4) is 0 Å². The second kappa shape index (κ2) is 8.11. The smallest absolute Gasteiger partial charge is 0.239 e. The number of carbonyl (C=O) groups excluding carboxylic acids is 1. The van der Waals surface area contributed by atoms with Gasteiger partial charge in [0.15, 0.2) is 0 Å². The Balaban J connectivity index is 1.67. The van der Waals surface area contributed by atoms with Gasteiger partial charge in [0.05, 0.1) is 12.1 Å². The van der Waals surface area contributed by atoms with E-state index in [1.54, 1.807) is 11.3 Å². The lowest BCUT2D eigenvalue weighted by Crippen LogP contribution is -2.47. The minimum absolute atomic E-state index is 0.00488. The number of rotatable bonds is 3. The molecule has 0 aromatic carbocycles. The molecule has 0 atom stereocenters. The highest BCUT2D eigenvalue weighted by Crippen LogP contribution is 2.36. The Kier molecular flexibility index (Phi) is 5.88. The van der Waals surface area contributed by atoms with Gasteiger partial charge in [-0.05, 0) is 38.3 Å². The fraction of sp³-hybridized carbons (Fsp3) is 0.667. The molecule has 1 aliphatic carbocycles. The Morgan fingerprint density at radius 3 is 2.58 bits per heavy atom. The van der Waals surface area contributed by atoms with E-state index >= 15 is 0 Å². The summed E-state index contributed by atoms with van der Waals surface area (Å²) in [6.07, 6.45) is 6.86. The number of likely N-dealkylation sites (N-methyl/N-ethyl adjacent to an activating group) is 1. The molecular formula is C18H26N4OS. The van der Waals surface area contributed by atoms with Gasteiger partial charge >= 0.3 is 0 Å². The van der Waals surface area contributed by atoms with Gasteiger partial charge in [-0.1, -0.05) is 12.8 Å². The van der Waals surface area contributed by atoms with Gasteiger partial charge in [0, 0.05) is 31.1 Å². The van der Waals surface area contributed by atoms with Gasteiger partial charge in [-0.2, -0.15) is 5.26 Å². The Bertz CT molecular complexity index is 626. The second-order valence-electron chi connectivity index (χ2n) is 6.86. The first-order chi connectivity index (χ1) is 11.7. The van der Waals surface area contributed by atoms with E-state index in [9.17, 15) is 10.1 Å². The molecule has 24 heavy (non-hydrogen) atoms. The van der Waals surface area contributed by atoms with Crippen molar-refractivity contribution in [1.29, 1.82) is 5.26 Å². The summed E-state index contributed by atoms with van der Waals surface area (Å²) in [4.78, 5) is 18.2. The molecule has 3 rings (SSSR count). The molecule has 1 N–H and O–H groups in total. The standard InChI is InChI=1S/C18H26N4OS/c1-21-8-10-22(11-9-21)13-17(23)20-18-15(12-19)14-6-4-2-3-5-7-16(14)24-18/h2-11,13H2,1H3,(H,20,23). The summed E-state index contributed by atoms with van der Waals surface area (Å²) in [6.45, 7) is 4.28. The molecule has 0 unspecified atom stereocenters. The van der Waals surface area contributed by atoms with Gasteiger partial charge in [-0.25, -0.2) is 0 Å². The van der Waals surface area contributed by atoms with E-state index in [-0.39, 0.29) is 5.91 Å². The van der Waals surface area contributed by atoms with Crippen molar-refractivity contribution in [3.8, 4) is 6.07 Å². The zero-order chi connectivity index (χ0) is 16.9. The van der Waals surface area contributed by atoms with Crippen LogP contribution in [0.4, 0.5) is 5.00 Å². The lowest BCUT2D eigenvalue weighted by atomic mass is 9.97. The number of fused-ring (bicyclic) bond motifs is 1. The second-order valence-corrected chi connectivity index (χ2v) is 7.97. The normalized spacial score (nSPS) is 19.8. The average molecular weight is 347 g/mol. The van der Waals surface area contributed by atoms with E-state index in [1.807, 2.05) is 0 Å². The highest BCUT2D eigenvalue weighted by molar-refractivity contribution is 7.16. The first-order valence-corrected chi connectivity index (χ1v) is 9.74. The predicted octanol–water partition coefficient (Wildman–Crippen LogP) is 2.46. The van der Waals surface area contributed by atoms with Gasteiger partial charge in [-0.15, -0.1) is 11.3 Å². The van der Waals surface area contributed by atoms with Crippen LogP contribution in [0.25, 0.3) is 0 Å². The van der Waals surface area contributed by atoms with Crippen LogP contribution < -0.4 is 5.32 Å².